The number of benzene rings is 1. The third-order valence-electron chi connectivity index (χ3n) is 6.40. The van der Waals surface area contributed by atoms with Gasteiger partial charge in [-0.05, 0) is 18.4 Å². The maximum absolute atomic E-state index is 12.5. The van der Waals surface area contributed by atoms with Crippen LogP contribution in [-0.4, -0.2) is 76.3 Å². The first-order valence-corrected chi connectivity index (χ1v) is 10.6. The van der Waals surface area contributed by atoms with E-state index < -0.39 is 0 Å². The number of hydrogen-bond donors (Lipinski definition) is 1. The van der Waals surface area contributed by atoms with E-state index in [2.05, 4.69) is 39.1 Å². The van der Waals surface area contributed by atoms with Gasteiger partial charge in [0.25, 0.3) is 0 Å². The summed E-state index contributed by atoms with van der Waals surface area (Å²) in [5, 5.41) is 9.31. The first kappa shape index (κ1) is 19.1. The molecule has 3 fully saturated rings. The Balaban J connectivity index is 1.03. The molecular weight excluding hydrogens is 382 g/mol. The van der Waals surface area contributed by atoms with Crippen LogP contribution in [0.3, 0.4) is 0 Å². The molecule has 1 amide bonds. The molecule has 8 nitrogen and oxygen atoms in total. The second kappa shape index (κ2) is 7.75. The van der Waals surface area contributed by atoms with Gasteiger partial charge in [-0.25, -0.2) is 14.8 Å². The van der Waals surface area contributed by atoms with Crippen LogP contribution in [-0.2, 0) is 11.3 Å². The molecule has 2 aromatic rings. The van der Waals surface area contributed by atoms with Gasteiger partial charge in [0.1, 0.15) is 6.10 Å². The van der Waals surface area contributed by atoms with Crippen LogP contribution in [0, 0.1) is 5.41 Å². The van der Waals surface area contributed by atoms with E-state index in [0.29, 0.717) is 37.5 Å². The van der Waals surface area contributed by atoms with Crippen LogP contribution in [0.25, 0.3) is 0 Å². The number of nitrogens with zero attached hydrogens (tertiary/aromatic N) is 5. The number of carbonyl (C=O) groups is 1. The van der Waals surface area contributed by atoms with E-state index in [1.54, 1.807) is 4.90 Å². The standard InChI is InChI=1S/C22H27N5O3/c28-18-12-23-20(24-13-18)26-6-8-27(9-7-26)21(29)30-19-10-22(11-19)15-25(16-22)14-17-4-2-1-3-5-17/h1-5,12-13,19,28H,6-11,14-16H2. The van der Waals surface area contributed by atoms with Gasteiger partial charge < -0.3 is 19.6 Å². The van der Waals surface area contributed by atoms with Crippen molar-refractivity contribution >= 4 is 12.0 Å². The third-order valence-corrected chi connectivity index (χ3v) is 6.40. The number of ether oxygens (including phenoxy) is 1. The van der Waals surface area contributed by atoms with Gasteiger partial charge in [-0.2, -0.15) is 0 Å². The molecule has 2 aliphatic heterocycles. The lowest BCUT2D eigenvalue weighted by Crippen LogP contribution is -2.64. The first-order chi connectivity index (χ1) is 14.6. The molecule has 3 aliphatic rings. The van der Waals surface area contributed by atoms with E-state index >= 15 is 0 Å². The van der Waals surface area contributed by atoms with Gasteiger partial charge in [0.15, 0.2) is 5.75 Å². The van der Waals surface area contributed by atoms with E-state index in [1.165, 1.54) is 18.0 Å². The van der Waals surface area contributed by atoms with Gasteiger partial charge in [0.2, 0.25) is 5.95 Å². The normalized spacial score (nSPS) is 21.2. The maximum atomic E-state index is 12.5. The number of hydrogen-bond acceptors (Lipinski definition) is 7. The molecule has 8 heteroatoms. The number of aromatic nitrogens is 2. The monoisotopic (exact) mass is 409 g/mol. The Morgan fingerprint density at radius 1 is 1.07 bits per heavy atom. The lowest BCUT2D eigenvalue weighted by Gasteiger charge is -2.58. The summed E-state index contributed by atoms with van der Waals surface area (Å²) in [6, 6.07) is 10.6. The Morgan fingerprint density at radius 3 is 2.40 bits per heavy atom. The van der Waals surface area contributed by atoms with Gasteiger partial charge >= 0.3 is 6.09 Å². The van der Waals surface area contributed by atoms with E-state index in [9.17, 15) is 9.90 Å². The quantitative estimate of drug-likeness (QED) is 0.828. The van der Waals surface area contributed by atoms with Crippen molar-refractivity contribution in [2.45, 2.75) is 25.5 Å². The minimum atomic E-state index is -0.207. The molecule has 1 spiro atoms. The summed E-state index contributed by atoms with van der Waals surface area (Å²) < 4.78 is 5.75. The first-order valence-electron chi connectivity index (χ1n) is 10.6. The molecule has 0 atom stereocenters. The number of carbonyl (C=O) groups excluding carboxylic acids is 1. The molecule has 1 saturated carbocycles. The fraction of sp³-hybridized carbons (Fsp3) is 0.500. The van der Waals surface area contributed by atoms with Gasteiger partial charge in [-0.3, -0.25) is 4.90 Å². The summed E-state index contributed by atoms with van der Waals surface area (Å²) in [4.78, 5) is 27.0. The van der Waals surface area contributed by atoms with Crippen molar-refractivity contribution in [3.8, 4) is 5.75 Å². The topological polar surface area (TPSA) is 82.0 Å². The number of amides is 1. The molecule has 3 heterocycles. The molecule has 0 bridgehead atoms. The zero-order chi connectivity index (χ0) is 20.6. The lowest BCUT2D eigenvalue weighted by molar-refractivity contribution is -0.136. The summed E-state index contributed by atoms with van der Waals surface area (Å²) >= 11 is 0. The molecule has 2 saturated heterocycles. The van der Waals surface area contributed by atoms with Crippen LogP contribution in [0.4, 0.5) is 10.7 Å². The Hall–Kier alpha value is -2.87. The van der Waals surface area contributed by atoms with Crippen LogP contribution in [0.1, 0.15) is 18.4 Å². The van der Waals surface area contributed by atoms with Crippen molar-refractivity contribution in [2.75, 3.05) is 44.2 Å². The third kappa shape index (κ3) is 3.92. The van der Waals surface area contributed by atoms with Gasteiger partial charge in [-0.1, -0.05) is 30.3 Å². The number of likely N-dealkylation sites (tertiary alicyclic amines) is 1. The summed E-state index contributed by atoms with van der Waals surface area (Å²) in [6.45, 7) is 5.69. The van der Waals surface area contributed by atoms with Crippen LogP contribution in [0.15, 0.2) is 42.7 Å². The van der Waals surface area contributed by atoms with Gasteiger partial charge in [0, 0.05) is 51.2 Å². The highest BCUT2D eigenvalue weighted by molar-refractivity contribution is 5.68. The Labute approximate surface area is 176 Å². The summed E-state index contributed by atoms with van der Waals surface area (Å²) in [5.41, 5.74) is 1.71. The predicted octanol–water partition coefficient (Wildman–Crippen LogP) is 2.11. The zero-order valence-corrected chi connectivity index (χ0v) is 17.0. The molecule has 5 rings (SSSR count). The van der Waals surface area contributed by atoms with E-state index in [0.717, 1.165) is 32.5 Å². The Bertz CT molecular complexity index is 869. The predicted molar refractivity (Wildman–Crippen MR) is 111 cm³/mol. The molecule has 1 aromatic carbocycles. The Kier molecular flexibility index (Phi) is 4.94. The number of piperazine rings is 1. The van der Waals surface area contributed by atoms with Crippen molar-refractivity contribution in [3.05, 3.63) is 48.3 Å². The minimum absolute atomic E-state index is 0.0499. The highest BCUT2D eigenvalue weighted by Crippen LogP contribution is 2.50. The average molecular weight is 409 g/mol. The average Bonchev–Trinajstić information content (AvgIpc) is 2.72. The number of aromatic hydroxyl groups is 1. The molecule has 0 unspecified atom stereocenters. The second-order valence-corrected chi connectivity index (χ2v) is 8.76. The van der Waals surface area contributed by atoms with E-state index in [4.69, 9.17) is 4.74 Å². The van der Waals surface area contributed by atoms with Crippen molar-refractivity contribution in [3.63, 3.8) is 0 Å². The minimum Gasteiger partial charge on any atom is -0.505 e. The maximum Gasteiger partial charge on any atom is 0.410 e. The number of rotatable bonds is 4. The van der Waals surface area contributed by atoms with Crippen molar-refractivity contribution in [1.82, 2.24) is 19.8 Å². The van der Waals surface area contributed by atoms with Crippen molar-refractivity contribution < 1.29 is 14.6 Å². The highest BCUT2D eigenvalue weighted by atomic mass is 16.6. The van der Waals surface area contributed by atoms with E-state index in [1.807, 2.05) is 11.0 Å². The van der Waals surface area contributed by atoms with Crippen LogP contribution in [0.5, 0.6) is 5.75 Å². The molecular formula is C22H27N5O3. The summed E-state index contributed by atoms with van der Waals surface area (Å²) in [7, 11) is 0. The molecule has 0 radical (unpaired) electrons. The van der Waals surface area contributed by atoms with Gasteiger partial charge in [-0.15, -0.1) is 0 Å². The fourth-order valence-corrected chi connectivity index (χ4v) is 4.89. The van der Waals surface area contributed by atoms with Crippen LogP contribution < -0.4 is 4.90 Å². The summed E-state index contributed by atoms with van der Waals surface area (Å²) in [6.07, 6.45) is 4.57. The molecule has 158 valence electrons. The van der Waals surface area contributed by atoms with Crippen LogP contribution >= 0.6 is 0 Å². The Morgan fingerprint density at radius 2 is 1.73 bits per heavy atom. The molecule has 1 aromatic heterocycles. The SMILES string of the molecule is O=C(OC1CC2(C1)CN(Cc1ccccc1)C2)N1CCN(c2ncc(O)cn2)CC1. The smallest absolute Gasteiger partial charge is 0.410 e. The molecule has 1 N–H and O–H groups in total. The fourth-order valence-electron chi connectivity index (χ4n) is 4.89. The van der Waals surface area contributed by atoms with Crippen molar-refractivity contribution in [2.24, 2.45) is 5.41 Å². The summed E-state index contributed by atoms with van der Waals surface area (Å²) in [5.74, 6) is 0.626. The largest absolute Gasteiger partial charge is 0.505 e. The molecule has 30 heavy (non-hydrogen) atoms. The van der Waals surface area contributed by atoms with Gasteiger partial charge in [0.05, 0.1) is 12.4 Å². The second-order valence-electron chi connectivity index (χ2n) is 8.76. The van der Waals surface area contributed by atoms with Crippen LogP contribution in [0.2, 0.25) is 0 Å². The van der Waals surface area contributed by atoms with E-state index in [-0.39, 0.29) is 17.9 Å². The number of anilines is 1. The lowest BCUT2D eigenvalue weighted by atomic mass is 9.61. The van der Waals surface area contributed by atoms with Crippen molar-refractivity contribution in [1.29, 1.82) is 0 Å². The zero-order valence-electron chi connectivity index (χ0n) is 17.0. The highest BCUT2D eigenvalue weighted by Gasteiger charge is 2.53. The molecule has 1 aliphatic carbocycles.